The average Bonchev–Trinajstić information content (AvgIpc) is 2.73. The second-order valence-electron chi connectivity index (χ2n) is 6.30. The summed E-state index contributed by atoms with van der Waals surface area (Å²) in [5.41, 5.74) is 10.7. The number of rotatable bonds is 10. The lowest BCUT2D eigenvalue weighted by molar-refractivity contribution is -0.206. The molecule has 0 saturated carbocycles. The first kappa shape index (κ1) is 26.4. The minimum absolute atomic E-state index is 0.139. The first-order valence-corrected chi connectivity index (χ1v) is 8.94. The fraction of sp³-hybridized carbons (Fsp3) is 0.389. The van der Waals surface area contributed by atoms with Crippen LogP contribution >= 0.6 is 0 Å². The highest BCUT2D eigenvalue weighted by molar-refractivity contribution is 5.97. The van der Waals surface area contributed by atoms with Gasteiger partial charge in [0.25, 0.3) is 5.91 Å². The number of alkyl halides is 3. The predicted octanol–water partition coefficient (Wildman–Crippen LogP) is -1.36. The standard InChI is InChI=1S/C18H21F3N4O7/c1-9(16(29)31-8-10-5-3-2-4-6-10)24-15(28)12(25-11(26)7-22)13(14(23)27)32-17(30)18(19,20)21/h2-6,9,12-13H,7-8,22H2,1H3,(H2,23,27)(H,24,28)(H,25,26)/t9-,12-,13-/m0/s1. The van der Waals surface area contributed by atoms with Gasteiger partial charge < -0.3 is 31.6 Å². The number of hydrogen-bond donors (Lipinski definition) is 4. The number of benzene rings is 1. The van der Waals surface area contributed by atoms with Gasteiger partial charge in [0, 0.05) is 0 Å². The number of carbonyl (C=O) groups excluding carboxylic acids is 5. The van der Waals surface area contributed by atoms with Crippen LogP contribution in [0.3, 0.4) is 0 Å². The molecule has 0 unspecified atom stereocenters. The third kappa shape index (κ3) is 8.22. The number of hydrogen-bond acceptors (Lipinski definition) is 8. The number of ether oxygens (including phenoxy) is 2. The zero-order chi connectivity index (χ0) is 24.5. The van der Waals surface area contributed by atoms with E-state index in [2.05, 4.69) is 4.74 Å². The van der Waals surface area contributed by atoms with Gasteiger partial charge in [-0.25, -0.2) is 9.59 Å². The van der Waals surface area contributed by atoms with Crippen molar-refractivity contribution in [1.29, 1.82) is 0 Å². The summed E-state index contributed by atoms with van der Waals surface area (Å²) < 4.78 is 46.5. The summed E-state index contributed by atoms with van der Waals surface area (Å²) in [7, 11) is 0. The van der Waals surface area contributed by atoms with Gasteiger partial charge in [-0.2, -0.15) is 13.2 Å². The van der Waals surface area contributed by atoms with Crippen LogP contribution in [0.25, 0.3) is 0 Å². The highest BCUT2D eigenvalue weighted by Crippen LogP contribution is 2.18. The van der Waals surface area contributed by atoms with Crippen LogP contribution in [0.5, 0.6) is 0 Å². The van der Waals surface area contributed by atoms with E-state index in [4.69, 9.17) is 16.2 Å². The van der Waals surface area contributed by atoms with Crippen molar-refractivity contribution < 1.29 is 46.6 Å². The maximum absolute atomic E-state index is 12.5. The molecule has 0 aliphatic rings. The molecule has 0 saturated heterocycles. The molecule has 176 valence electrons. The Bertz CT molecular complexity index is 849. The number of nitrogens with one attached hydrogen (secondary N) is 2. The Labute approximate surface area is 179 Å². The van der Waals surface area contributed by atoms with E-state index in [0.29, 0.717) is 5.56 Å². The number of amides is 3. The Morgan fingerprint density at radius 3 is 2.16 bits per heavy atom. The molecule has 1 rings (SSSR count). The summed E-state index contributed by atoms with van der Waals surface area (Å²) >= 11 is 0. The first-order chi connectivity index (χ1) is 14.9. The van der Waals surface area contributed by atoms with Gasteiger partial charge in [0.05, 0.1) is 6.54 Å². The Morgan fingerprint density at radius 1 is 1.06 bits per heavy atom. The maximum Gasteiger partial charge on any atom is 0.490 e. The third-order valence-corrected chi connectivity index (χ3v) is 3.77. The van der Waals surface area contributed by atoms with Gasteiger partial charge in [0.2, 0.25) is 17.9 Å². The van der Waals surface area contributed by atoms with Crippen molar-refractivity contribution in [2.75, 3.05) is 6.54 Å². The Kier molecular flexibility index (Phi) is 9.59. The van der Waals surface area contributed by atoms with Gasteiger partial charge in [0.15, 0.2) is 6.04 Å². The quantitative estimate of drug-likeness (QED) is 0.308. The molecule has 0 heterocycles. The van der Waals surface area contributed by atoms with Crippen molar-refractivity contribution in [1.82, 2.24) is 10.6 Å². The first-order valence-electron chi connectivity index (χ1n) is 8.94. The molecule has 0 bridgehead atoms. The molecule has 1 aromatic rings. The zero-order valence-electron chi connectivity index (χ0n) is 16.7. The Balaban J connectivity index is 2.94. The lowest BCUT2D eigenvalue weighted by Gasteiger charge is -2.26. The molecule has 32 heavy (non-hydrogen) atoms. The van der Waals surface area contributed by atoms with Gasteiger partial charge in [-0.15, -0.1) is 0 Å². The molecule has 3 amide bonds. The van der Waals surface area contributed by atoms with Crippen molar-refractivity contribution in [3.8, 4) is 0 Å². The molecule has 0 aliphatic carbocycles. The molecule has 3 atom stereocenters. The van der Waals surface area contributed by atoms with Crippen molar-refractivity contribution >= 4 is 29.7 Å². The average molecular weight is 462 g/mol. The maximum atomic E-state index is 12.5. The number of halogens is 3. The number of carbonyl (C=O) groups is 5. The van der Waals surface area contributed by atoms with Crippen LogP contribution in [0.15, 0.2) is 30.3 Å². The summed E-state index contributed by atoms with van der Waals surface area (Å²) in [5.74, 6) is -7.86. The summed E-state index contributed by atoms with van der Waals surface area (Å²) in [5, 5.41) is 3.88. The monoisotopic (exact) mass is 462 g/mol. The second-order valence-corrected chi connectivity index (χ2v) is 6.30. The van der Waals surface area contributed by atoms with E-state index in [1.807, 2.05) is 10.6 Å². The second kappa shape index (κ2) is 11.6. The van der Waals surface area contributed by atoms with Gasteiger partial charge in [-0.05, 0) is 12.5 Å². The lowest BCUT2D eigenvalue weighted by atomic mass is 10.1. The summed E-state index contributed by atoms with van der Waals surface area (Å²) in [6.07, 6.45) is -8.06. The van der Waals surface area contributed by atoms with E-state index in [1.54, 1.807) is 30.3 Å². The normalized spacial score (nSPS) is 13.8. The fourth-order valence-corrected chi connectivity index (χ4v) is 2.20. The van der Waals surface area contributed by atoms with E-state index in [0.717, 1.165) is 0 Å². The van der Waals surface area contributed by atoms with Crippen LogP contribution in [-0.4, -0.2) is 60.6 Å². The molecule has 0 radical (unpaired) electrons. The summed E-state index contributed by atoms with van der Waals surface area (Å²) in [6.45, 7) is 0.311. The number of esters is 2. The molecule has 11 nitrogen and oxygen atoms in total. The highest BCUT2D eigenvalue weighted by atomic mass is 19.4. The van der Waals surface area contributed by atoms with Crippen LogP contribution in [-0.2, 0) is 40.1 Å². The lowest BCUT2D eigenvalue weighted by Crippen LogP contribution is -2.61. The van der Waals surface area contributed by atoms with E-state index in [1.165, 1.54) is 6.92 Å². The topological polar surface area (TPSA) is 180 Å². The molecule has 14 heteroatoms. The number of primary amides is 1. The Morgan fingerprint density at radius 2 is 1.66 bits per heavy atom. The molecular weight excluding hydrogens is 441 g/mol. The molecule has 0 fully saturated rings. The fourth-order valence-electron chi connectivity index (χ4n) is 2.20. The van der Waals surface area contributed by atoms with Gasteiger partial charge >= 0.3 is 18.1 Å². The molecule has 0 spiro atoms. The van der Waals surface area contributed by atoms with E-state index >= 15 is 0 Å². The van der Waals surface area contributed by atoms with Crippen LogP contribution in [0.4, 0.5) is 13.2 Å². The molecule has 6 N–H and O–H groups in total. The molecular formula is C18H21F3N4O7. The van der Waals surface area contributed by atoms with Crippen molar-refractivity contribution in [2.24, 2.45) is 11.5 Å². The smallest absolute Gasteiger partial charge is 0.459 e. The van der Waals surface area contributed by atoms with Crippen LogP contribution < -0.4 is 22.1 Å². The minimum atomic E-state index is -5.51. The molecule has 0 aliphatic heterocycles. The number of nitrogens with two attached hydrogens (primary N) is 2. The van der Waals surface area contributed by atoms with Crippen LogP contribution in [0, 0.1) is 0 Å². The van der Waals surface area contributed by atoms with E-state index in [9.17, 15) is 37.1 Å². The zero-order valence-corrected chi connectivity index (χ0v) is 16.7. The van der Waals surface area contributed by atoms with Crippen molar-refractivity contribution in [3.05, 3.63) is 35.9 Å². The van der Waals surface area contributed by atoms with Crippen molar-refractivity contribution in [3.63, 3.8) is 0 Å². The SMILES string of the molecule is C[C@H](NC(=O)[C@@H](NC(=O)CN)[C@H](OC(=O)C(F)(F)F)C(N)=O)C(=O)OCc1ccccc1. The van der Waals surface area contributed by atoms with Gasteiger partial charge in [-0.3, -0.25) is 14.4 Å². The highest BCUT2D eigenvalue weighted by Gasteiger charge is 2.46. The third-order valence-electron chi connectivity index (χ3n) is 3.77. The molecule has 1 aromatic carbocycles. The van der Waals surface area contributed by atoms with Crippen molar-refractivity contribution in [2.45, 2.75) is 37.9 Å². The predicted molar refractivity (Wildman–Crippen MR) is 100.0 cm³/mol. The van der Waals surface area contributed by atoms with E-state index < -0.39 is 60.6 Å². The summed E-state index contributed by atoms with van der Waals surface area (Å²) in [6, 6.07) is 4.90. The Hall–Kier alpha value is -3.68. The largest absolute Gasteiger partial charge is 0.490 e. The summed E-state index contributed by atoms with van der Waals surface area (Å²) in [4.78, 5) is 58.9. The molecule has 0 aromatic heterocycles. The van der Waals surface area contributed by atoms with Crippen LogP contribution in [0.1, 0.15) is 12.5 Å². The van der Waals surface area contributed by atoms with Crippen LogP contribution in [0.2, 0.25) is 0 Å². The van der Waals surface area contributed by atoms with E-state index in [-0.39, 0.29) is 6.61 Å². The van der Waals surface area contributed by atoms with Gasteiger partial charge in [-0.1, -0.05) is 30.3 Å². The van der Waals surface area contributed by atoms with Gasteiger partial charge in [0.1, 0.15) is 12.6 Å². The minimum Gasteiger partial charge on any atom is -0.459 e.